The van der Waals surface area contributed by atoms with E-state index in [1.807, 2.05) is 30.0 Å². The third-order valence-corrected chi connectivity index (χ3v) is 9.92. The maximum Gasteiger partial charge on any atom is 0.166 e. The number of H-pyrrole nitrogens is 1. The minimum Gasteiger partial charge on any atom is -0.486 e. The van der Waals surface area contributed by atoms with Crippen molar-refractivity contribution in [2.45, 2.75) is 25.5 Å². The molecule has 13 heteroatoms. The number of benzene rings is 1. The van der Waals surface area contributed by atoms with Crippen molar-refractivity contribution in [1.82, 2.24) is 25.1 Å². The number of fused-ring (bicyclic) bond motifs is 1. The Balaban J connectivity index is 1.20. The van der Waals surface area contributed by atoms with Gasteiger partial charge in [-0.3, -0.25) is 15.0 Å². The molecule has 0 spiro atoms. The molecule has 5 heterocycles. The number of nitrogens with one attached hydrogen (secondary N) is 1. The van der Waals surface area contributed by atoms with E-state index < -0.39 is 21.8 Å². The molecule has 6 rings (SSSR count). The quantitative estimate of drug-likeness (QED) is 0.331. The van der Waals surface area contributed by atoms with Crippen molar-refractivity contribution in [3.05, 3.63) is 64.3 Å². The van der Waals surface area contributed by atoms with Crippen LogP contribution >= 0.6 is 23.2 Å². The first kappa shape index (κ1) is 27.2. The highest BCUT2D eigenvalue weighted by molar-refractivity contribution is 7.91. The summed E-state index contributed by atoms with van der Waals surface area (Å²) < 4.78 is 45.1. The molecule has 1 aromatic carbocycles. The minimum absolute atomic E-state index is 0.165. The standard InChI is InChI=1S/C27H27Cl2FN6O3S/c1-16(24-20(28)12-31-13-21(24)29)39-18-3-4-23-19(10-18)25(34-33-23)17-9-22(30)26(32-11-17)35-14-27(2,15-35)36-5-7-40(37,38)8-6-36/h3-4,9-13,16H,5-8,14-15H2,1-2H3,(H,33,34)/t16-/m1/s1. The summed E-state index contributed by atoms with van der Waals surface area (Å²) in [5.74, 6) is 0.730. The van der Waals surface area contributed by atoms with Gasteiger partial charge < -0.3 is 9.64 Å². The molecule has 3 aromatic heterocycles. The highest BCUT2D eigenvalue weighted by Crippen LogP contribution is 2.37. The molecule has 0 unspecified atom stereocenters. The van der Waals surface area contributed by atoms with Gasteiger partial charge in [-0.05, 0) is 38.1 Å². The summed E-state index contributed by atoms with van der Waals surface area (Å²) in [7, 11) is -2.96. The molecule has 4 aromatic rings. The van der Waals surface area contributed by atoms with Crippen LogP contribution in [0.25, 0.3) is 22.2 Å². The third-order valence-electron chi connectivity index (χ3n) is 7.71. The molecular weight excluding hydrogens is 578 g/mol. The number of pyridine rings is 2. The number of ether oxygens (including phenoxy) is 1. The molecule has 0 amide bonds. The van der Waals surface area contributed by atoms with Gasteiger partial charge in [-0.25, -0.2) is 17.8 Å². The second-order valence-electron chi connectivity index (χ2n) is 10.6. The van der Waals surface area contributed by atoms with E-state index >= 15 is 4.39 Å². The molecule has 9 nitrogen and oxygen atoms in total. The molecule has 2 aliphatic heterocycles. The Morgan fingerprint density at radius 1 is 1.10 bits per heavy atom. The van der Waals surface area contributed by atoms with Crippen LogP contribution in [0.3, 0.4) is 0 Å². The van der Waals surface area contributed by atoms with Gasteiger partial charge in [0.25, 0.3) is 0 Å². The van der Waals surface area contributed by atoms with Gasteiger partial charge in [0, 0.05) is 61.3 Å². The van der Waals surface area contributed by atoms with E-state index in [1.54, 1.807) is 6.20 Å². The van der Waals surface area contributed by atoms with Crippen LogP contribution in [0.5, 0.6) is 5.75 Å². The average Bonchev–Trinajstić information content (AvgIpc) is 3.30. The second kappa shape index (κ2) is 10.1. The fraction of sp³-hybridized carbons (Fsp3) is 0.370. The van der Waals surface area contributed by atoms with Crippen LogP contribution in [0.1, 0.15) is 25.5 Å². The molecule has 2 fully saturated rings. The van der Waals surface area contributed by atoms with Gasteiger partial charge in [-0.2, -0.15) is 5.10 Å². The molecule has 0 radical (unpaired) electrons. The Morgan fingerprint density at radius 2 is 1.80 bits per heavy atom. The molecule has 210 valence electrons. The lowest BCUT2D eigenvalue weighted by molar-refractivity contribution is 0.0830. The monoisotopic (exact) mass is 604 g/mol. The summed E-state index contributed by atoms with van der Waals surface area (Å²) in [5.41, 5.74) is 2.28. The van der Waals surface area contributed by atoms with Crippen LogP contribution in [-0.4, -0.2) is 76.7 Å². The van der Waals surface area contributed by atoms with Crippen molar-refractivity contribution >= 4 is 49.8 Å². The van der Waals surface area contributed by atoms with Crippen molar-refractivity contribution in [1.29, 1.82) is 0 Å². The Morgan fingerprint density at radius 3 is 2.48 bits per heavy atom. The lowest BCUT2D eigenvalue weighted by Gasteiger charge is -2.55. The highest BCUT2D eigenvalue weighted by Gasteiger charge is 2.46. The van der Waals surface area contributed by atoms with Crippen LogP contribution in [0, 0.1) is 5.82 Å². The van der Waals surface area contributed by atoms with E-state index in [0.717, 1.165) is 10.9 Å². The lowest BCUT2D eigenvalue weighted by Crippen LogP contribution is -2.70. The first-order chi connectivity index (χ1) is 19.0. The van der Waals surface area contributed by atoms with Gasteiger partial charge in [0.2, 0.25) is 0 Å². The number of aromatic nitrogens is 4. The van der Waals surface area contributed by atoms with E-state index in [0.29, 0.717) is 58.8 Å². The molecule has 2 saturated heterocycles. The predicted octanol–water partition coefficient (Wildman–Crippen LogP) is 4.91. The van der Waals surface area contributed by atoms with Crippen molar-refractivity contribution in [2.75, 3.05) is 42.6 Å². The molecule has 40 heavy (non-hydrogen) atoms. The molecule has 1 atom stereocenters. The number of hydrogen-bond donors (Lipinski definition) is 1. The molecular formula is C27H27Cl2FN6O3S. The Hall–Kier alpha value is -2.99. The first-order valence-electron chi connectivity index (χ1n) is 12.8. The smallest absolute Gasteiger partial charge is 0.166 e. The highest BCUT2D eigenvalue weighted by atomic mass is 35.5. The average molecular weight is 606 g/mol. The topological polar surface area (TPSA) is 104 Å². The summed E-state index contributed by atoms with van der Waals surface area (Å²) in [5, 5.41) is 8.98. The summed E-state index contributed by atoms with van der Waals surface area (Å²) in [4.78, 5) is 12.5. The second-order valence-corrected chi connectivity index (χ2v) is 13.7. The molecule has 0 saturated carbocycles. The van der Waals surface area contributed by atoms with Gasteiger partial charge in [-0.15, -0.1) is 0 Å². The summed E-state index contributed by atoms with van der Waals surface area (Å²) in [6, 6.07) is 6.92. The number of sulfone groups is 1. The van der Waals surface area contributed by atoms with Crippen molar-refractivity contribution in [3.63, 3.8) is 0 Å². The van der Waals surface area contributed by atoms with E-state index in [1.165, 1.54) is 18.5 Å². The maximum absolute atomic E-state index is 15.3. The molecule has 0 aliphatic carbocycles. The third kappa shape index (κ3) is 5.00. The molecule has 1 N–H and O–H groups in total. The van der Waals surface area contributed by atoms with E-state index in [-0.39, 0.29) is 22.9 Å². The van der Waals surface area contributed by atoms with Crippen LogP contribution in [0.15, 0.2) is 42.9 Å². The van der Waals surface area contributed by atoms with Gasteiger partial charge >= 0.3 is 0 Å². The van der Waals surface area contributed by atoms with Crippen LogP contribution in [0.2, 0.25) is 10.0 Å². The van der Waals surface area contributed by atoms with Crippen molar-refractivity contribution in [2.24, 2.45) is 0 Å². The van der Waals surface area contributed by atoms with E-state index in [4.69, 9.17) is 27.9 Å². The summed E-state index contributed by atoms with van der Waals surface area (Å²) >= 11 is 12.6. The number of hydrogen-bond acceptors (Lipinski definition) is 8. The molecule has 2 aliphatic rings. The summed E-state index contributed by atoms with van der Waals surface area (Å²) in [6.07, 6.45) is 4.22. The largest absolute Gasteiger partial charge is 0.486 e. The predicted molar refractivity (Wildman–Crippen MR) is 153 cm³/mol. The summed E-state index contributed by atoms with van der Waals surface area (Å²) in [6.45, 7) is 6.08. The van der Waals surface area contributed by atoms with Crippen molar-refractivity contribution < 1.29 is 17.5 Å². The van der Waals surface area contributed by atoms with Crippen LogP contribution < -0.4 is 9.64 Å². The fourth-order valence-electron chi connectivity index (χ4n) is 5.53. The Labute approximate surface area is 241 Å². The number of halogens is 3. The molecule has 0 bridgehead atoms. The van der Waals surface area contributed by atoms with Gasteiger partial charge in [0.15, 0.2) is 21.5 Å². The van der Waals surface area contributed by atoms with Gasteiger partial charge in [0.1, 0.15) is 17.5 Å². The fourth-order valence-corrected chi connectivity index (χ4v) is 7.40. The zero-order valence-electron chi connectivity index (χ0n) is 21.9. The first-order valence-corrected chi connectivity index (χ1v) is 15.4. The number of anilines is 1. The maximum atomic E-state index is 15.3. The Kier molecular flexibility index (Phi) is 6.89. The Bertz CT molecular complexity index is 1680. The van der Waals surface area contributed by atoms with E-state index in [2.05, 4.69) is 32.0 Å². The normalized spacial score (nSPS) is 19.4. The number of aromatic amines is 1. The van der Waals surface area contributed by atoms with Crippen LogP contribution in [-0.2, 0) is 9.84 Å². The number of nitrogens with zero attached hydrogens (tertiary/aromatic N) is 5. The number of rotatable bonds is 6. The van der Waals surface area contributed by atoms with Gasteiger partial charge in [-0.1, -0.05) is 23.2 Å². The van der Waals surface area contributed by atoms with Gasteiger partial charge in [0.05, 0.1) is 32.6 Å². The van der Waals surface area contributed by atoms with Crippen LogP contribution in [0.4, 0.5) is 10.2 Å². The zero-order chi connectivity index (χ0) is 28.2. The minimum atomic E-state index is -2.96. The van der Waals surface area contributed by atoms with E-state index in [9.17, 15) is 8.42 Å². The SMILES string of the molecule is C[C@@H](Oc1ccc2[nH]nc(-c3cnc(N4CC(C)(N5CCS(=O)(=O)CC5)C4)c(F)c3)c2c1)c1c(Cl)cncc1Cl. The lowest BCUT2D eigenvalue weighted by atomic mass is 9.89. The van der Waals surface area contributed by atoms with Crippen molar-refractivity contribution in [3.8, 4) is 17.0 Å². The zero-order valence-corrected chi connectivity index (χ0v) is 24.2.